The van der Waals surface area contributed by atoms with Crippen LogP contribution in [0.4, 0.5) is 0 Å². The molecule has 1 heteroatoms. The van der Waals surface area contributed by atoms with Crippen molar-refractivity contribution in [2.75, 3.05) is 0 Å². The lowest BCUT2D eigenvalue weighted by Crippen LogP contribution is -2.10. The molecule has 0 saturated carbocycles. The number of halogens is 1. The maximum absolute atomic E-state index is 5.82. The Kier molecular flexibility index (Phi) is 2.24. The molecule has 0 fully saturated rings. The van der Waals surface area contributed by atoms with Crippen molar-refractivity contribution in [2.45, 2.75) is 19.3 Å². The summed E-state index contributed by atoms with van der Waals surface area (Å²) >= 11 is 5.82. The van der Waals surface area contributed by atoms with E-state index in [0.29, 0.717) is 0 Å². The molecule has 0 amide bonds. The minimum absolute atomic E-state index is 0.0507. The second-order valence-electron chi connectivity index (χ2n) is 3.39. The second-order valence-corrected chi connectivity index (χ2v) is 3.83. The van der Waals surface area contributed by atoms with E-state index in [1.165, 1.54) is 5.56 Å². The van der Waals surface area contributed by atoms with Crippen LogP contribution >= 0.6 is 11.6 Å². The largest absolute Gasteiger partial charge is 0.0843 e. The molecular formula is C10H12Cl. The minimum Gasteiger partial charge on any atom is -0.0843 e. The van der Waals surface area contributed by atoms with Gasteiger partial charge in [0.1, 0.15) is 0 Å². The normalized spacial score (nSPS) is 11.6. The van der Waals surface area contributed by atoms with E-state index >= 15 is 0 Å². The Bertz CT molecular complexity index is 245. The molecule has 0 N–H and O–H groups in total. The third-order valence-corrected chi connectivity index (χ3v) is 1.84. The van der Waals surface area contributed by atoms with Crippen molar-refractivity contribution in [3.63, 3.8) is 0 Å². The summed E-state index contributed by atoms with van der Waals surface area (Å²) in [6, 6.07) is 7.81. The molecule has 59 valence electrons. The van der Waals surface area contributed by atoms with Gasteiger partial charge in [0.15, 0.2) is 0 Å². The van der Waals surface area contributed by atoms with Crippen LogP contribution in [0.1, 0.15) is 19.4 Å². The van der Waals surface area contributed by atoms with Crippen LogP contribution in [-0.4, -0.2) is 0 Å². The van der Waals surface area contributed by atoms with Gasteiger partial charge in [-0.15, -0.1) is 0 Å². The summed E-state index contributed by atoms with van der Waals surface area (Å²) in [5.74, 6) is 0. The smallest absolute Gasteiger partial charge is 0.0408 e. The zero-order chi connectivity index (χ0) is 8.48. The molecule has 0 aromatic heterocycles. The Labute approximate surface area is 73.2 Å². The molecule has 1 aromatic carbocycles. The highest BCUT2D eigenvalue weighted by molar-refractivity contribution is 6.30. The molecule has 0 heterocycles. The highest BCUT2D eigenvalue weighted by Crippen LogP contribution is 2.23. The van der Waals surface area contributed by atoms with E-state index in [1.807, 2.05) is 24.3 Å². The maximum Gasteiger partial charge on any atom is 0.0408 e. The van der Waals surface area contributed by atoms with E-state index < -0.39 is 0 Å². The van der Waals surface area contributed by atoms with Gasteiger partial charge in [-0.1, -0.05) is 37.6 Å². The van der Waals surface area contributed by atoms with Crippen molar-refractivity contribution in [1.82, 2.24) is 0 Å². The molecule has 1 radical (unpaired) electrons. The van der Waals surface area contributed by atoms with Gasteiger partial charge in [0.05, 0.1) is 0 Å². The van der Waals surface area contributed by atoms with Crippen LogP contribution in [0.5, 0.6) is 0 Å². The summed E-state index contributed by atoms with van der Waals surface area (Å²) in [5.41, 5.74) is 1.12. The average Bonchev–Trinajstić information content (AvgIpc) is 1.86. The van der Waals surface area contributed by atoms with E-state index in [0.717, 1.165) is 5.02 Å². The lowest BCUT2D eigenvalue weighted by Gasteiger charge is -2.18. The van der Waals surface area contributed by atoms with Crippen LogP contribution in [0.25, 0.3) is 0 Å². The number of rotatable bonds is 1. The number of hydrogen-bond donors (Lipinski definition) is 0. The summed E-state index contributed by atoms with van der Waals surface area (Å²) in [7, 11) is 0. The van der Waals surface area contributed by atoms with Gasteiger partial charge in [-0.05, 0) is 30.0 Å². The molecule has 0 bridgehead atoms. The Balaban J connectivity index is 3.06. The fourth-order valence-electron chi connectivity index (χ4n) is 0.909. The van der Waals surface area contributed by atoms with E-state index in [4.69, 9.17) is 11.6 Å². The van der Waals surface area contributed by atoms with Crippen LogP contribution in [0.3, 0.4) is 0 Å². The van der Waals surface area contributed by atoms with Crippen LogP contribution in [0.15, 0.2) is 24.3 Å². The van der Waals surface area contributed by atoms with Gasteiger partial charge < -0.3 is 0 Å². The molecule has 1 rings (SSSR count). The zero-order valence-corrected chi connectivity index (χ0v) is 7.65. The summed E-state index contributed by atoms with van der Waals surface area (Å²) in [5, 5.41) is 0.777. The highest BCUT2D eigenvalue weighted by atomic mass is 35.5. The first-order valence-corrected chi connectivity index (χ1v) is 3.99. The molecule has 11 heavy (non-hydrogen) atoms. The van der Waals surface area contributed by atoms with Crippen LogP contribution in [0, 0.1) is 6.92 Å². The van der Waals surface area contributed by atoms with Crippen LogP contribution < -0.4 is 0 Å². The van der Waals surface area contributed by atoms with Crippen molar-refractivity contribution < 1.29 is 0 Å². The highest BCUT2D eigenvalue weighted by Gasteiger charge is 2.12. The summed E-state index contributed by atoms with van der Waals surface area (Å²) in [4.78, 5) is 0. The van der Waals surface area contributed by atoms with Crippen molar-refractivity contribution in [1.29, 1.82) is 0 Å². The first-order valence-electron chi connectivity index (χ1n) is 3.61. The lowest BCUT2D eigenvalue weighted by molar-refractivity contribution is 0.665. The SMILES string of the molecule is [CH2]C(C)(C)c1cccc(Cl)c1. The quantitative estimate of drug-likeness (QED) is 0.601. The van der Waals surface area contributed by atoms with Gasteiger partial charge in [-0.25, -0.2) is 0 Å². The van der Waals surface area contributed by atoms with Crippen LogP contribution in [0.2, 0.25) is 5.02 Å². The Hall–Kier alpha value is -0.490. The second kappa shape index (κ2) is 2.86. The van der Waals surface area contributed by atoms with Gasteiger partial charge in [-0.3, -0.25) is 0 Å². The molecule has 0 atom stereocenters. The lowest BCUT2D eigenvalue weighted by atomic mass is 9.87. The third-order valence-electron chi connectivity index (χ3n) is 1.61. The summed E-state index contributed by atoms with van der Waals surface area (Å²) in [6.07, 6.45) is 0. The van der Waals surface area contributed by atoms with Crippen molar-refractivity contribution >= 4 is 11.6 Å². The van der Waals surface area contributed by atoms with Crippen molar-refractivity contribution in [3.8, 4) is 0 Å². The fourth-order valence-corrected chi connectivity index (χ4v) is 1.10. The third kappa shape index (κ3) is 2.23. The molecule has 0 aliphatic rings. The predicted octanol–water partition coefficient (Wildman–Crippen LogP) is 3.45. The molecule has 0 unspecified atom stereocenters. The van der Waals surface area contributed by atoms with Gasteiger partial charge in [0, 0.05) is 5.02 Å². The van der Waals surface area contributed by atoms with Crippen molar-refractivity contribution in [3.05, 3.63) is 41.8 Å². The predicted molar refractivity (Wildman–Crippen MR) is 49.8 cm³/mol. The molecule has 0 aliphatic heterocycles. The Morgan fingerprint density at radius 3 is 2.36 bits per heavy atom. The monoisotopic (exact) mass is 167 g/mol. The molecule has 1 aromatic rings. The number of benzene rings is 1. The molecular weight excluding hydrogens is 156 g/mol. The minimum atomic E-state index is -0.0507. The topological polar surface area (TPSA) is 0 Å². The maximum atomic E-state index is 5.82. The molecule has 0 aliphatic carbocycles. The number of hydrogen-bond acceptors (Lipinski definition) is 0. The van der Waals surface area contributed by atoms with E-state index in [1.54, 1.807) is 0 Å². The molecule has 0 spiro atoms. The average molecular weight is 168 g/mol. The van der Waals surface area contributed by atoms with Gasteiger partial charge in [-0.2, -0.15) is 0 Å². The Morgan fingerprint density at radius 2 is 2.00 bits per heavy atom. The molecule has 0 saturated heterocycles. The van der Waals surface area contributed by atoms with Crippen molar-refractivity contribution in [2.24, 2.45) is 0 Å². The fraction of sp³-hybridized carbons (Fsp3) is 0.300. The standard InChI is InChI=1S/C10H12Cl/c1-10(2,3)8-5-4-6-9(11)7-8/h4-7H,1H2,2-3H3. The summed E-state index contributed by atoms with van der Waals surface area (Å²) < 4.78 is 0. The van der Waals surface area contributed by atoms with Crippen LogP contribution in [-0.2, 0) is 5.41 Å². The first-order chi connectivity index (χ1) is 5.00. The van der Waals surface area contributed by atoms with E-state index in [-0.39, 0.29) is 5.41 Å². The first kappa shape index (κ1) is 8.61. The zero-order valence-electron chi connectivity index (χ0n) is 6.89. The molecule has 0 nitrogen and oxygen atoms in total. The van der Waals surface area contributed by atoms with Gasteiger partial charge >= 0.3 is 0 Å². The van der Waals surface area contributed by atoms with Gasteiger partial charge in [0.2, 0.25) is 0 Å². The van der Waals surface area contributed by atoms with E-state index in [2.05, 4.69) is 20.8 Å². The Morgan fingerprint density at radius 1 is 1.36 bits per heavy atom. The van der Waals surface area contributed by atoms with Gasteiger partial charge in [0.25, 0.3) is 0 Å². The summed E-state index contributed by atoms with van der Waals surface area (Å²) in [6.45, 7) is 8.16. The van der Waals surface area contributed by atoms with E-state index in [9.17, 15) is 0 Å².